The lowest BCUT2D eigenvalue weighted by molar-refractivity contribution is -0.108. The Morgan fingerprint density at radius 1 is 1.64 bits per heavy atom. The van der Waals surface area contributed by atoms with Gasteiger partial charge in [-0.15, -0.1) is 0 Å². The van der Waals surface area contributed by atoms with Gasteiger partial charge in [-0.05, 0) is 31.1 Å². The molecule has 1 unspecified atom stereocenters. The summed E-state index contributed by atoms with van der Waals surface area (Å²) in [6.07, 6.45) is 11.0. The van der Waals surface area contributed by atoms with Crippen LogP contribution < -0.4 is 0 Å². The predicted molar refractivity (Wildman–Crippen MR) is 46.4 cm³/mol. The van der Waals surface area contributed by atoms with Crippen molar-refractivity contribution in [2.75, 3.05) is 0 Å². The Morgan fingerprint density at radius 3 is 3.00 bits per heavy atom. The van der Waals surface area contributed by atoms with Crippen molar-refractivity contribution in [1.82, 2.24) is 0 Å². The molecule has 0 amide bonds. The molecule has 0 N–H and O–H groups in total. The van der Waals surface area contributed by atoms with Crippen LogP contribution in [0.3, 0.4) is 0 Å². The molecule has 0 aromatic heterocycles. The van der Waals surface area contributed by atoms with E-state index in [2.05, 4.69) is 19.1 Å². The lowest BCUT2D eigenvalue weighted by Gasteiger charge is -2.27. The molecule has 1 heteroatoms. The first-order valence-electron chi connectivity index (χ1n) is 4.38. The molecule has 11 heavy (non-hydrogen) atoms. The fourth-order valence-electron chi connectivity index (χ4n) is 1.67. The maximum Gasteiger partial charge on any atom is 0.120 e. The molecule has 0 aromatic carbocycles. The highest BCUT2D eigenvalue weighted by Gasteiger charge is 2.21. The summed E-state index contributed by atoms with van der Waals surface area (Å²) in [5.41, 5.74) is 0.319. The molecule has 0 aromatic rings. The molecule has 62 valence electrons. The number of hydrogen-bond donors (Lipinski definition) is 0. The van der Waals surface area contributed by atoms with Crippen LogP contribution in [-0.2, 0) is 4.79 Å². The van der Waals surface area contributed by atoms with Gasteiger partial charge < -0.3 is 4.79 Å². The van der Waals surface area contributed by atoms with Crippen molar-refractivity contribution >= 4 is 6.29 Å². The molecule has 0 fully saturated rings. The van der Waals surface area contributed by atoms with Crippen LogP contribution in [0.25, 0.3) is 0 Å². The Hall–Kier alpha value is -0.590. The van der Waals surface area contributed by atoms with E-state index in [0.717, 1.165) is 12.7 Å². The molecule has 0 saturated carbocycles. The molecule has 1 rings (SSSR count). The number of allylic oxidation sites excluding steroid dienone is 2. The van der Waals surface area contributed by atoms with E-state index in [4.69, 9.17) is 0 Å². The maximum atomic E-state index is 10.2. The third kappa shape index (κ3) is 2.49. The predicted octanol–water partition coefficient (Wildman–Crippen LogP) is 2.71. The topological polar surface area (TPSA) is 17.1 Å². The molecule has 1 atom stereocenters. The van der Waals surface area contributed by atoms with Crippen molar-refractivity contribution < 1.29 is 4.79 Å². The van der Waals surface area contributed by atoms with Gasteiger partial charge in [-0.2, -0.15) is 0 Å². The van der Waals surface area contributed by atoms with Crippen molar-refractivity contribution in [2.45, 2.75) is 39.0 Å². The van der Waals surface area contributed by atoms with Gasteiger partial charge in [0.25, 0.3) is 0 Å². The number of aldehydes is 1. The van der Waals surface area contributed by atoms with Gasteiger partial charge in [0.15, 0.2) is 0 Å². The Kier molecular flexibility index (Phi) is 2.86. The van der Waals surface area contributed by atoms with E-state index in [1.165, 1.54) is 19.3 Å². The fraction of sp³-hybridized carbons (Fsp3) is 0.700. The zero-order valence-corrected chi connectivity index (χ0v) is 7.18. The van der Waals surface area contributed by atoms with Gasteiger partial charge in [0.1, 0.15) is 6.29 Å². The first-order valence-corrected chi connectivity index (χ1v) is 4.38. The van der Waals surface area contributed by atoms with Gasteiger partial charge in [0.05, 0.1) is 0 Å². The highest BCUT2D eigenvalue weighted by molar-refractivity contribution is 5.49. The second-order valence-corrected chi connectivity index (χ2v) is 3.65. The molecule has 1 nitrogen and oxygen atoms in total. The van der Waals surface area contributed by atoms with Crippen LogP contribution in [0.1, 0.15) is 39.0 Å². The molecule has 0 spiro atoms. The maximum absolute atomic E-state index is 10.2. The Bertz CT molecular complexity index is 160. The molecule has 0 aliphatic heterocycles. The van der Waals surface area contributed by atoms with Gasteiger partial charge in [-0.1, -0.05) is 19.1 Å². The molecule has 0 radical (unpaired) electrons. The average molecular weight is 152 g/mol. The summed E-state index contributed by atoms with van der Waals surface area (Å²) >= 11 is 0. The smallest absolute Gasteiger partial charge is 0.120 e. The third-order valence-corrected chi connectivity index (χ3v) is 2.47. The van der Waals surface area contributed by atoms with Crippen molar-refractivity contribution in [2.24, 2.45) is 5.41 Å². The molecule has 0 heterocycles. The summed E-state index contributed by atoms with van der Waals surface area (Å²) in [7, 11) is 0. The van der Waals surface area contributed by atoms with Crippen molar-refractivity contribution in [3.05, 3.63) is 12.2 Å². The van der Waals surface area contributed by atoms with E-state index in [0.29, 0.717) is 11.8 Å². The van der Waals surface area contributed by atoms with Gasteiger partial charge in [0, 0.05) is 6.42 Å². The molecule has 1 aliphatic rings. The number of hydrogen-bond acceptors (Lipinski definition) is 1. The largest absolute Gasteiger partial charge is 0.303 e. The summed E-state index contributed by atoms with van der Waals surface area (Å²) in [5, 5.41) is 0. The van der Waals surface area contributed by atoms with E-state index in [9.17, 15) is 4.79 Å². The van der Waals surface area contributed by atoms with Crippen LogP contribution in [0.5, 0.6) is 0 Å². The highest BCUT2D eigenvalue weighted by Crippen LogP contribution is 2.34. The summed E-state index contributed by atoms with van der Waals surface area (Å²) in [5.74, 6) is 0. The zero-order valence-electron chi connectivity index (χ0n) is 7.18. The monoisotopic (exact) mass is 152 g/mol. The standard InChI is InChI=1S/C10H16O/c1-10(8-5-9-11)6-3-2-4-7-10/h3,6,9H,2,4-5,7-8H2,1H3. The lowest BCUT2D eigenvalue weighted by Crippen LogP contribution is -2.15. The lowest BCUT2D eigenvalue weighted by atomic mass is 9.77. The molecule has 0 saturated heterocycles. The van der Waals surface area contributed by atoms with Gasteiger partial charge in [-0.3, -0.25) is 0 Å². The minimum absolute atomic E-state index is 0.319. The number of rotatable bonds is 3. The summed E-state index contributed by atoms with van der Waals surface area (Å²) in [4.78, 5) is 10.2. The van der Waals surface area contributed by atoms with E-state index >= 15 is 0 Å². The molecule has 0 bridgehead atoms. The zero-order chi connectivity index (χ0) is 8.16. The molecule has 1 aliphatic carbocycles. The molecular formula is C10H16O. The first-order chi connectivity index (χ1) is 5.27. The van der Waals surface area contributed by atoms with Gasteiger partial charge in [-0.25, -0.2) is 0 Å². The minimum atomic E-state index is 0.319. The Labute approximate surface area is 68.5 Å². The Balaban J connectivity index is 2.43. The van der Waals surface area contributed by atoms with Crippen LogP contribution >= 0.6 is 0 Å². The summed E-state index contributed by atoms with van der Waals surface area (Å²) < 4.78 is 0. The van der Waals surface area contributed by atoms with Crippen LogP contribution in [0.4, 0.5) is 0 Å². The summed E-state index contributed by atoms with van der Waals surface area (Å²) in [6, 6.07) is 0. The average Bonchev–Trinajstić information content (AvgIpc) is 2.03. The van der Waals surface area contributed by atoms with Crippen molar-refractivity contribution in [1.29, 1.82) is 0 Å². The van der Waals surface area contributed by atoms with E-state index in [1.54, 1.807) is 0 Å². The third-order valence-electron chi connectivity index (χ3n) is 2.47. The highest BCUT2D eigenvalue weighted by atomic mass is 16.1. The van der Waals surface area contributed by atoms with E-state index in [1.807, 2.05) is 0 Å². The van der Waals surface area contributed by atoms with Crippen molar-refractivity contribution in [3.63, 3.8) is 0 Å². The van der Waals surface area contributed by atoms with Crippen molar-refractivity contribution in [3.8, 4) is 0 Å². The summed E-state index contributed by atoms with van der Waals surface area (Å²) in [6.45, 7) is 2.24. The van der Waals surface area contributed by atoms with Crippen LogP contribution in [0.2, 0.25) is 0 Å². The minimum Gasteiger partial charge on any atom is -0.303 e. The quantitative estimate of drug-likeness (QED) is 0.449. The van der Waals surface area contributed by atoms with E-state index < -0.39 is 0 Å². The number of carbonyl (C=O) groups is 1. The SMILES string of the molecule is CC1(CCC=O)C=CCCC1. The van der Waals surface area contributed by atoms with E-state index in [-0.39, 0.29) is 0 Å². The second-order valence-electron chi connectivity index (χ2n) is 3.65. The molecular weight excluding hydrogens is 136 g/mol. The van der Waals surface area contributed by atoms with Gasteiger partial charge >= 0.3 is 0 Å². The second kappa shape index (κ2) is 3.70. The van der Waals surface area contributed by atoms with Gasteiger partial charge in [0.2, 0.25) is 0 Å². The fourth-order valence-corrected chi connectivity index (χ4v) is 1.67. The first kappa shape index (κ1) is 8.51. The Morgan fingerprint density at radius 2 is 2.45 bits per heavy atom. The number of carbonyl (C=O) groups excluding carboxylic acids is 1. The van der Waals surface area contributed by atoms with Crippen LogP contribution in [0, 0.1) is 5.41 Å². The van der Waals surface area contributed by atoms with Crippen LogP contribution in [0.15, 0.2) is 12.2 Å². The van der Waals surface area contributed by atoms with Crippen LogP contribution in [-0.4, -0.2) is 6.29 Å². The normalized spacial score (nSPS) is 30.3.